The van der Waals surface area contributed by atoms with Gasteiger partial charge >= 0.3 is 0 Å². The fourth-order valence-electron chi connectivity index (χ4n) is 1.62. The Labute approximate surface area is 125 Å². The predicted octanol–water partition coefficient (Wildman–Crippen LogP) is 1.74. The third-order valence-corrected chi connectivity index (χ3v) is 2.63. The molecule has 0 aliphatic heterocycles. The lowest BCUT2D eigenvalue weighted by atomic mass is 10.2. The number of hydrogen-bond donors (Lipinski definition) is 2. The summed E-state index contributed by atoms with van der Waals surface area (Å²) in [5.41, 5.74) is 0.824. The zero-order valence-electron chi connectivity index (χ0n) is 12.5. The van der Waals surface area contributed by atoms with E-state index in [0.29, 0.717) is 13.2 Å². The molecule has 0 atom stereocenters. The van der Waals surface area contributed by atoms with E-state index in [2.05, 4.69) is 10.6 Å². The van der Waals surface area contributed by atoms with Gasteiger partial charge in [0.15, 0.2) is 0 Å². The van der Waals surface area contributed by atoms with Crippen LogP contribution in [0.15, 0.2) is 30.3 Å². The molecule has 0 unspecified atom stereocenters. The Balaban J connectivity index is 2.49. The molecular weight excluding hydrogens is 268 g/mol. The van der Waals surface area contributed by atoms with Gasteiger partial charge in [-0.3, -0.25) is 9.59 Å². The summed E-state index contributed by atoms with van der Waals surface area (Å²) >= 11 is 0. The number of ether oxygens (including phenoxy) is 1. The van der Waals surface area contributed by atoms with Gasteiger partial charge in [-0.25, -0.2) is 0 Å². The second-order valence-corrected chi connectivity index (χ2v) is 4.37. The molecular formula is C16H22N2O3. The summed E-state index contributed by atoms with van der Waals surface area (Å²) < 4.78 is 5.46. The number of amides is 2. The molecule has 0 aliphatic rings. The first-order chi connectivity index (χ1) is 10.2. The van der Waals surface area contributed by atoms with Crippen molar-refractivity contribution >= 4 is 17.9 Å². The largest absolute Gasteiger partial charge is 0.493 e. The normalized spacial score (nSPS) is 10.4. The van der Waals surface area contributed by atoms with E-state index in [9.17, 15) is 9.59 Å². The summed E-state index contributed by atoms with van der Waals surface area (Å²) in [5.74, 6) is 0.228. The van der Waals surface area contributed by atoms with Crippen LogP contribution < -0.4 is 15.4 Å². The van der Waals surface area contributed by atoms with Crippen LogP contribution in [0.2, 0.25) is 0 Å². The zero-order chi connectivity index (χ0) is 15.5. The second-order valence-electron chi connectivity index (χ2n) is 4.37. The molecule has 0 radical (unpaired) electrons. The van der Waals surface area contributed by atoms with Crippen LogP contribution in [-0.2, 0) is 9.59 Å². The maximum atomic E-state index is 11.6. The van der Waals surface area contributed by atoms with Gasteiger partial charge in [0.05, 0.1) is 13.2 Å². The van der Waals surface area contributed by atoms with Crippen molar-refractivity contribution in [3.05, 3.63) is 35.9 Å². The maximum Gasteiger partial charge on any atom is 0.244 e. The Hall–Kier alpha value is -2.30. The molecule has 1 rings (SSSR count). The van der Waals surface area contributed by atoms with E-state index in [4.69, 9.17) is 4.74 Å². The van der Waals surface area contributed by atoms with Crippen molar-refractivity contribution in [2.45, 2.75) is 20.3 Å². The molecule has 0 spiro atoms. The molecule has 114 valence electrons. The van der Waals surface area contributed by atoms with E-state index >= 15 is 0 Å². The molecule has 2 N–H and O–H groups in total. The van der Waals surface area contributed by atoms with Crippen LogP contribution in [0.3, 0.4) is 0 Å². The lowest BCUT2D eigenvalue weighted by Crippen LogP contribution is -2.36. The van der Waals surface area contributed by atoms with E-state index in [1.165, 1.54) is 6.08 Å². The van der Waals surface area contributed by atoms with Gasteiger partial charge in [-0.2, -0.15) is 0 Å². The average molecular weight is 290 g/mol. The van der Waals surface area contributed by atoms with Crippen molar-refractivity contribution in [1.29, 1.82) is 0 Å². The first-order valence-corrected chi connectivity index (χ1v) is 7.11. The van der Waals surface area contributed by atoms with Crippen LogP contribution in [-0.4, -0.2) is 31.5 Å². The lowest BCUT2D eigenvalue weighted by molar-refractivity contribution is -0.123. The summed E-state index contributed by atoms with van der Waals surface area (Å²) in [7, 11) is 0. The van der Waals surface area contributed by atoms with Gasteiger partial charge in [0.25, 0.3) is 0 Å². The Bertz CT molecular complexity index is 498. The van der Waals surface area contributed by atoms with Crippen LogP contribution in [0, 0.1) is 0 Å². The fraction of sp³-hybridized carbons (Fsp3) is 0.375. The van der Waals surface area contributed by atoms with Crippen LogP contribution in [0.25, 0.3) is 6.08 Å². The molecule has 0 saturated heterocycles. The standard InChI is InChI=1S/C16H22N2O3/c1-3-11-17-16(20)12-18-15(19)10-9-13-7-5-6-8-14(13)21-4-2/h5-10H,3-4,11-12H2,1-2H3,(H,17,20)(H,18,19)/b10-9+. The van der Waals surface area contributed by atoms with E-state index in [1.807, 2.05) is 38.1 Å². The molecule has 2 amide bonds. The van der Waals surface area contributed by atoms with Crippen molar-refractivity contribution in [2.75, 3.05) is 19.7 Å². The lowest BCUT2D eigenvalue weighted by Gasteiger charge is -2.06. The van der Waals surface area contributed by atoms with E-state index in [1.54, 1.807) is 6.08 Å². The number of hydrogen-bond acceptors (Lipinski definition) is 3. The van der Waals surface area contributed by atoms with Gasteiger partial charge in [0.2, 0.25) is 11.8 Å². The van der Waals surface area contributed by atoms with Crippen LogP contribution >= 0.6 is 0 Å². The molecule has 0 saturated carbocycles. The Kier molecular flexibility index (Phi) is 7.64. The zero-order valence-corrected chi connectivity index (χ0v) is 12.5. The van der Waals surface area contributed by atoms with Crippen molar-refractivity contribution < 1.29 is 14.3 Å². The first kappa shape index (κ1) is 16.8. The molecule has 21 heavy (non-hydrogen) atoms. The molecule has 1 aromatic carbocycles. The first-order valence-electron chi connectivity index (χ1n) is 7.11. The molecule has 0 fully saturated rings. The van der Waals surface area contributed by atoms with Crippen LogP contribution in [0.1, 0.15) is 25.8 Å². The number of nitrogens with one attached hydrogen (secondary N) is 2. The highest BCUT2D eigenvalue weighted by molar-refractivity contribution is 5.94. The summed E-state index contributed by atoms with van der Waals surface area (Å²) in [5, 5.41) is 5.22. The number of para-hydroxylation sites is 1. The predicted molar refractivity (Wildman–Crippen MR) is 83.0 cm³/mol. The number of carbonyl (C=O) groups is 2. The Morgan fingerprint density at radius 1 is 1.19 bits per heavy atom. The van der Waals surface area contributed by atoms with E-state index in [-0.39, 0.29) is 18.4 Å². The van der Waals surface area contributed by atoms with Gasteiger partial charge in [-0.05, 0) is 25.5 Å². The third-order valence-electron chi connectivity index (χ3n) is 2.63. The minimum absolute atomic E-state index is 0.0176. The number of rotatable bonds is 8. The molecule has 5 nitrogen and oxygen atoms in total. The minimum atomic E-state index is -0.312. The van der Waals surface area contributed by atoms with Crippen LogP contribution in [0.4, 0.5) is 0 Å². The molecule has 0 aromatic heterocycles. The van der Waals surface area contributed by atoms with Gasteiger partial charge < -0.3 is 15.4 Å². The van der Waals surface area contributed by atoms with Gasteiger partial charge in [0.1, 0.15) is 5.75 Å². The van der Waals surface area contributed by atoms with Crippen molar-refractivity contribution in [3.63, 3.8) is 0 Å². The summed E-state index contributed by atoms with van der Waals surface area (Å²) in [4.78, 5) is 23.0. The molecule has 0 heterocycles. The highest BCUT2D eigenvalue weighted by Gasteiger charge is 2.03. The van der Waals surface area contributed by atoms with E-state index < -0.39 is 0 Å². The highest BCUT2D eigenvalue weighted by Crippen LogP contribution is 2.19. The van der Waals surface area contributed by atoms with Crippen molar-refractivity contribution in [3.8, 4) is 5.75 Å². The van der Waals surface area contributed by atoms with Crippen molar-refractivity contribution in [1.82, 2.24) is 10.6 Å². The van der Waals surface area contributed by atoms with Gasteiger partial charge in [-0.1, -0.05) is 25.1 Å². The molecule has 0 aliphatic carbocycles. The Morgan fingerprint density at radius 3 is 2.67 bits per heavy atom. The molecule has 5 heteroatoms. The second kappa shape index (κ2) is 9.58. The fourth-order valence-corrected chi connectivity index (χ4v) is 1.62. The smallest absolute Gasteiger partial charge is 0.244 e. The van der Waals surface area contributed by atoms with Gasteiger partial charge in [0, 0.05) is 18.2 Å². The Morgan fingerprint density at radius 2 is 1.95 bits per heavy atom. The SMILES string of the molecule is CCCNC(=O)CNC(=O)/C=C/c1ccccc1OCC. The number of benzene rings is 1. The summed E-state index contributed by atoms with van der Waals surface area (Å²) in [6, 6.07) is 7.46. The summed E-state index contributed by atoms with van der Waals surface area (Å²) in [6.45, 7) is 5.04. The average Bonchev–Trinajstić information content (AvgIpc) is 2.50. The molecule has 1 aromatic rings. The minimum Gasteiger partial charge on any atom is -0.493 e. The van der Waals surface area contributed by atoms with Crippen LogP contribution in [0.5, 0.6) is 5.75 Å². The third kappa shape index (κ3) is 6.61. The molecule has 0 bridgehead atoms. The number of carbonyl (C=O) groups excluding carboxylic acids is 2. The maximum absolute atomic E-state index is 11.6. The van der Waals surface area contributed by atoms with Crippen molar-refractivity contribution in [2.24, 2.45) is 0 Å². The van der Waals surface area contributed by atoms with Gasteiger partial charge in [-0.15, -0.1) is 0 Å². The highest BCUT2D eigenvalue weighted by atomic mass is 16.5. The topological polar surface area (TPSA) is 67.4 Å². The monoisotopic (exact) mass is 290 g/mol. The van der Waals surface area contributed by atoms with E-state index in [0.717, 1.165) is 17.7 Å². The summed E-state index contributed by atoms with van der Waals surface area (Å²) in [6.07, 6.45) is 3.93. The quantitative estimate of drug-likeness (QED) is 0.717.